The van der Waals surface area contributed by atoms with Crippen LogP contribution in [0, 0.1) is 6.92 Å². The minimum absolute atomic E-state index is 0.114. The van der Waals surface area contributed by atoms with Crippen molar-refractivity contribution in [3.63, 3.8) is 0 Å². The Hall–Kier alpha value is -1.62. The predicted octanol–water partition coefficient (Wildman–Crippen LogP) is 2.24. The summed E-state index contributed by atoms with van der Waals surface area (Å²) in [5.74, 6) is -1.43. The topological polar surface area (TPSA) is 74.6 Å². The molecule has 0 radical (unpaired) electrons. The maximum atomic E-state index is 11.7. The van der Waals surface area contributed by atoms with Crippen LogP contribution in [0.4, 0.5) is 0 Å². The number of fused-ring (bicyclic) bond motifs is 1. The summed E-state index contributed by atoms with van der Waals surface area (Å²) in [6.45, 7) is 1.59. The number of rotatable bonds is 1. The molecule has 88 valence electrons. The summed E-state index contributed by atoms with van der Waals surface area (Å²) in [6, 6.07) is 0. The highest BCUT2D eigenvalue weighted by Gasteiger charge is 2.29. The molecule has 0 unspecified atom stereocenters. The van der Waals surface area contributed by atoms with Crippen molar-refractivity contribution in [3.8, 4) is 11.5 Å². The van der Waals surface area contributed by atoms with Crippen molar-refractivity contribution in [2.24, 2.45) is 0 Å². The normalized spacial score (nSPS) is 14.0. The Morgan fingerprint density at radius 1 is 1.06 bits per heavy atom. The van der Waals surface area contributed by atoms with Crippen LogP contribution in [0.2, 0.25) is 0 Å². The average Bonchev–Trinajstić information content (AvgIpc) is 2.30. The molecule has 1 aliphatic carbocycles. The molecule has 17 heavy (non-hydrogen) atoms. The van der Waals surface area contributed by atoms with Crippen LogP contribution in [0.1, 0.15) is 31.8 Å². The van der Waals surface area contributed by atoms with E-state index in [0.717, 1.165) is 12.2 Å². The Labute approximate surface area is 106 Å². The van der Waals surface area contributed by atoms with Gasteiger partial charge in [0, 0.05) is 10.9 Å². The van der Waals surface area contributed by atoms with E-state index in [-0.39, 0.29) is 28.0 Å². The molecule has 0 aliphatic heterocycles. The van der Waals surface area contributed by atoms with Gasteiger partial charge < -0.3 is 10.2 Å². The maximum Gasteiger partial charge on any atom is 0.190 e. The van der Waals surface area contributed by atoms with Crippen LogP contribution < -0.4 is 0 Å². The molecule has 0 bridgehead atoms. The van der Waals surface area contributed by atoms with E-state index in [1.165, 1.54) is 0 Å². The number of phenolic OH excluding ortho intramolecular Hbond substituents is 2. The molecule has 0 amide bonds. The van der Waals surface area contributed by atoms with Gasteiger partial charge in [-0.3, -0.25) is 9.59 Å². The zero-order valence-corrected chi connectivity index (χ0v) is 10.5. The number of phenols is 2. The zero-order valence-electron chi connectivity index (χ0n) is 8.95. The molecule has 1 aliphatic rings. The van der Waals surface area contributed by atoms with Crippen molar-refractivity contribution in [2.75, 3.05) is 0 Å². The molecule has 0 atom stereocenters. The minimum atomic E-state index is -0.477. The monoisotopic (exact) mass is 296 g/mol. The lowest BCUT2D eigenvalue weighted by Gasteiger charge is -2.17. The van der Waals surface area contributed by atoms with Gasteiger partial charge in [0.05, 0.1) is 11.1 Å². The lowest BCUT2D eigenvalue weighted by molar-refractivity contribution is 0.0989. The smallest absolute Gasteiger partial charge is 0.190 e. The van der Waals surface area contributed by atoms with E-state index < -0.39 is 11.6 Å². The molecule has 5 heteroatoms. The molecule has 0 heterocycles. The van der Waals surface area contributed by atoms with Crippen LogP contribution in [0.25, 0.3) is 0 Å². The average molecular weight is 297 g/mol. The maximum absolute atomic E-state index is 11.7. The van der Waals surface area contributed by atoms with Crippen molar-refractivity contribution in [1.82, 2.24) is 0 Å². The van der Waals surface area contributed by atoms with E-state index in [1.807, 2.05) is 0 Å². The van der Waals surface area contributed by atoms with Crippen molar-refractivity contribution in [1.29, 1.82) is 0 Å². The van der Waals surface area contributed by atoms with Gasteiger partial charge in [-0.05, 0) is 24.6 Å². The molecule has 1 aromatic rings. The standard InChI is InChI=1S/C12H9BrO4/c1-5-6(4-13)12(17)10-8(15)3-2-7(14)9(10)11(5)16/h2-3,16-17H,4H2,1H3. The first-order valence-electron chi connectivity index (χ1n) is 4.89. The highest BCUT2D eigenvalue weighted by Crippen LogP contribution is 2.40. The van der Waals surface area contributed by atoms with Crippen LogP contribution >= 0.6 is 15.9 Å². The quantitative estimate of drug-likeness (QED) is 0.616. The lowest BCUT2D eigenvalue weighted by atomic mass is 9.88. The number of aromatic hydroxyl groups is 2. The summed E-state index contributed by atoms with van der Waals surface area (Å²) in [6.07, 6.45) is 2.19. The number of hydrogen-bond donors (Lipinski definition) is 2. The molecule has 4 nitrogen and oxygen atoms in total. The first kappa shape index (κ1) is 11.9. The second-order valence-electron chi connectivity index (χ2n) is 3.75. The fourth-order valence-corrected chi connectivity index (χ4v) is 2.54. The number of halogens is 1. The summed E-state index contributed by atoms with van der Waals surface area (Å²) in [5, 5.41) is 20.2. The summed E-state index contributed by atoms with van der Waals surface area (Å²) < 4.78 is 0. The van der Waals surface area contributed by atoms with E-state index in [9.17, 15) is 19.8 Å². The fourth-order valence-electron chi connectivity index (χ4n) is 1.86. The van der Waals surface area contributed by atoms with Gasteiger partial charge in [0.15, 0.2) is 11.6 Å². The van der Waals surface area contributed by atoms with Gasteiger partial charge in [0.25, 0.3) is 0 Å². The second-order valence-corrected chi connectivity index (χ2v) is 4.31. The van der Waals surface area contributed by atoms with E-state index in [0.29, 0.717) is 11.1 Å². The van der Waals surface area contributed by atoms with Crippen molar-refractivity contribution in [2.45, 2.75) is 12.3 Å². The second kappa shape index (κ2) is 4.00. The summed E-state index contributed by atoms with van der Waals surface area (Å²) in [5.41, 5.74) is 0.583. The van der Waals surface area contributed by atoms with Gasteiger partial charge in [-0.25, -0.2) is 0 Å². The minimum Gasteiger partial charge on any atom is -0.507 e. The van der Waals surface area contributed by atoms with E-state index in [4.69, 9.17) is 0 Å². The third kappa shape index (κ3) is 1.58. The Balaban J connectivity index is 2.91. The van der Waals surface area contributed by atoms with Crippen molar-refractivity contribution < 1.29 is 19.8 Å². The Kier molecular flexibility index (Phi) is 2.79. The SMILES string of the molecule is Cc1c(O)c2c(c(O)c1CBr)C(=O)C=CC2=O. The summed E-state index contributed by atoms with van der Waals surface area (Å²) in [4.78, 5) is 23.3. The lowest BCUT2D eigenvalue weighted by Crippen LogP contribution is -2.14. The number of hydrogen-bond acceptors (Lipinski definition) is 4. The highest BCUT2D eigenvalue weighted by atomic mass is 79.9. The molecule has 2 rings (SSSR count). The number of ketones is 2. The largest absolute Gasteiger partial charge is 0.507 e. The molecule has 0 spiro atoms. The van der Waals surface area contributed by atoms with E-state index in [2.05, 4.69) is 15.9 Å². The molecule has 0 fully saturated rings. The third-order valence-corrected chi connectivity index (χ3v) is 3.39. The highest BCUT2D eigenvalue weighted by molar-refractivity contribution is 9.08. The molecular weight excluding hydrogens is 288 g/mol. The number of carbonyl (C=O) groups is 2. The molecule has 0 saturated heterocycles. The first-order chi connectivity index (χ1) is 7.99. The van der Waals surface area contributed by atoms with Crippen LogP contribution in [0.3, 0.4) is 0 Å². The fraction of sp³-hybridized carbons (Fsp3) is 0.167. The molecule has 0 saturated carbocycles. The Morgan fingerprint density at radius 3 is 2.00 bits per heavy atom. The van der Waals surface area contributed by atoms with Crippen molar-refractivity contribution in [3.05, 3.63) is 34.4 Å². The molecule has 1 aromatic carbocycles. The Bertz CT molecular complexity index is 573. The van der Waals surface area contributed by atoms with Gasteiger partial charge in [-0.1, -0.05) is 15.9 Å². The van der Waals surface area contributed by atoms with Crippen LogP contribution in [-0.2, 0) is 5.33 Å². The van der Waals surface area contributed by atoms with Crippen molar-refractivity contribution >= 4 is 27.5 Å². The zero-order chi connectivity index (χ0) is 12.7. The number of alkyl halides is 1. The Morgan fingerprint density at radius 2 is 1.53 bits per heavy atom. The predicted molar refractivity (Wildman–Crippen MR) is 64.9 cm³/mol. The van der Waals surface area contributed by atoms with Crippen LogP contribution in [0.15, 0.2) is 12.2 Å². The molecule has 0 aromatic heterocycles. The first-order valence-corrected chi connectivity index (χ1v) is 6.01. The summed E-state index contributed by atoms with van der Waals surface area (Å²) >= 11 is 3.17. The summed E-state index contributed by atoms with van der Waals surface area (Å²) in [7, 11) is 0. The third-order valence-electron chi connectivity index (χ3n) is 2.83. The molecule has 2 N–H and O–H groups in total. The van der Waals surface area contributed by atoms with Gasteiger partial charge in [0.1, 0.15) is 11.5 Å². The molecular formula is C12H9BrO4. The number of benzene rings is 1. The van der Waals surface area contributed by atoms with Gasteiger partial charge in [-0.15, -0.1) is 0 Å². The van der Waals surface area contributed by atoms with Gasteiger partial charge >= 0.3 is 0 Å². The van der Waals surface area contributed by atoms with Gasteiger partial charge in [0.2, 0.25) is 0 Å². The van der Waals surface area contributed by atoms with Crippen LogP contribution in [0.5, 0.6) is 11.5 Å². The van der Waals surface area contributed by atoms with E-state index >= 15 is 0 Å². The number of allylic oxidation sites excluding steroid dienone is 2. The van der Waals surface area contributed by atoms with E-state index in [1.54, 1.807) is 6.92 Å². The number of carbonyl (C=O) groups excluding carboxylic acids is 2. The van der Waals surface area contributed by atoms with Gasteiger partial charge in [-0.2, -0.15) is 0 Å². The van der Waals surface area contributed by atoms with Crippen LogP contribution in [-0.4, -0.2) is 21.8 Å².